The zero-order chi connectivity index (χ0) is 11.5. The number of nitrogen functional groups attached to an aromatic ring is 1. The fourth-order valence-corrected chi connectivity index (χ4v) is 1.59. The number of amides is 1. The standard InChI is InChI=1S/C11H11N3O2/c12-9-5-7(6-15)1-2-8(9)10-3-4-11(16)14-13-10/h1-2,5-6H,3-4,12H2,(H,14,16). The van der Waals surface area contributed by atoms with E-state index in [1.54, 1.807) is 18.2 Å². The number of anilines is 1. The molecular formula is C11H11N3O2. The van der Waals surface area contributed by atoms with Crippen LogP contribution in [0.15, 0.2) is 23.3 Å². The van der Waals surface area contributed by atoms with Crippen LogP contribution < -0.4 is 11.2 Å². The Morgan fingerprint density at radius 3 is 2.75 bits per heavy atom. The fraction of sp³-hybridized carbons (Fsp3) is 0.182. The number of benzene rings is 1. The van der Waals surface area contributed by atoms with Crippen LogP contribution in [0.3, 0.4) is 0 Å². The smallest absolute Gasteiger partial charge is 0.240 e. The van der Waals surface area contributed by atoms with Crippen LogP contribution in [-0.4, -0.2) is 17.9 Å². The molecule has 0 radical (unpaired) electrons. The lowest BCUT2D eigenvalue weighted by Gasteiger charge is -2.13. The van der Waals surface area contributed by atoms with E-state index in [4.69, 9.17) is 5.73 Å². The van der Waals surface area contributed by atoms with Crippen LogP contribution in [0.1, 0.15) is 28.8 Å². The van der Waals surface area contributed by atoms with Gasteiger partial charge in [-0.25, -0.2) is 5.43 Å². The highest BCUT2D eigenvalue weighted by Gasteiger charge is 2.15. The fourth-order valence-electron chi connectivity index (χ4n) is 1.59. The molecule has 82 valence electrons. The third-order valence-corrected chi connectivity index (χ3v) is 2.43. The molecule has 0 saturated carbocycles. The van der Waals surface area contributed by atoms with E-state index in [0.29, 0.717) is 24.1 Å². The van der Waals surface area contributed by atoms with Crippen molar-refractivity contribution in [1.82, 2.24) is 5.43 Å². The predicted octanol–water partition coefficient (Wildman–Crippen LogP) is 0.695. The number of hydrazone groups is 1. The number of aldehydes is 1. The number of carbonyl (C=O) groups excluding carboxylic acids is 2. The van der Waals surface area contributed by atoms with E-state index in [9.17, 15) is 9.59 Å². The summed E-state index contributed by atoms with van der Waals surface area (Å²) in [5.41, 5.74) is 10.8. The van der Waals surface area contributed by atoms with Crippen LogP contribution in [0.25, 0.3) is 0 Å². The molecule has 1 heterocycles. The van der Waals surface area contributed by atoms with Gasteiger partial charge in [-0.2, -0.15) is 5.10 Å². The molecule has 0 unspecified atom stereocenters. The Morgan fingerprint density at radius 2 is 2.19 bits per heavy atom. The van der Waals surface area contributed by atoms with Crippen molar-refractivity contribution < 1.29 is 9.59 Å². The van der Waals surface area contributed by atoms with Gasteiger partial charge in [-0.1, -0.05) is 12.1 Å². The van der Waals surface area contributed by atoms with Crippen molar-refractivity contribution in [3.63, 3.8) is 0 Å². The highest BCUT2D eigenvalue weighted by molar-refractivity contribution is 6.07. The summed E-state index contributed by atoms with van der Waals surface area (Å²) in [6.07, 6.45) is 1.72. The van der Waals surface area contributed by atoms with Crippen LogP contribution in [0, 0.1) is 0 Å². The Kier molecular flexibility index (Phi) is 2.68. The van der Waals surface area contributed by atoms with Gasteiger partial charge < -0.3 is 5.73 Å². The second kappa shape index (κ2) is 4.14. The first-order chi connectivity index (χ1) is 7.70. The van der Waals surface area contributed by atoms with Gasteiger partial charge in [0.25, 0.3) is 0 Å². The maximum absolute atomic E-state index is 10.9. The van der Waals surface area contributed by atoms with Gasteiger partial charge >= 0.3 is 0 Å². The molecule has 0 fully saturated rings. The topological polar surface area (TPSA) is 84.6 Å². The molecule has 1 aliphatic heterocycles. The molecule has 0 aromatic heterocycles. The molecule has 0 bridgehead atoms. The highest BCUT2D eigenvalue weighted by atomic mass is 16.2. The zero-order valence-electron chi connectivity index (χ0n) is 8.56. The third kappa shape index (κ3) is 1.93. The lowest BCUT2D eigenvalue weighted by Crippen LogP contribution is -2.26. The number of carbonyl (C=O) groups is 2. The molecule has 3 N–H and O–H groups in total. The molecule has 1 aromatic carbocycles. The molecule has 5 nitrogen and oxygen atoms in total. The Labute approximate surface area is 92.3 Å². The Bertz CT molecular complexity index is 480. The van der Waals surface area contributed by atoms with Gasteiger partial charge in [0.1, 0.15) is 6.29 Å². The van der Waals surface area contributed by atoms with E-state index in [2.05, 4.69) is 10.5 Å². The van der Waals surface area contributed by atoms with Gasteiger partial charge in [0.15, 0.2) is 0 Å². The predicted molar refractivity (Wildman–Crippen MR) is 60.2 cm³/mol. The highest BCUT2D eigenvalue weighted by Crippen LogP contribution is 2.18. The van der Waals surface area contributed by atoms with Crippen LogP contribution in [0.5, 0.6) is 0 Å². The summed E-state index contributed by atoms with van der Waals surface area (Å²) >= 11 is 0. The molecule has 0 saturated heterocycles. The average Bonchev–Trinajstić information content (AvgIpc) is 2.30. The number of hydrogen-bond acceptors (Lipinski definition) is 4. The third-order valence-electron chi connectivity index (χ3n) is 2.43. The van der Waals surface area contributed by atoms with Gasteiger partial charge in [0.05, 0.1) is 5.71 Å². The van der Waals surface area contributed by atoms with Crippen LogP contribution in [0.4, 0.5) is 5.69 Å². The summed E-state index contributed by atoms with van der Waals surface area (Å²) in [6, 6.07) is 5.02. The van der Waals surface area contributed by atoms with Gasteiger partial charge in [-0.05, 0) is 6.07 Å². The van der Waals surface area contributed by atoms with Crippen LogP contribution in [-0.2, 0) is 4.79 Å². The first kappa shape index (κ1) is 10.4. The summed E-state index contributed by atoms with van der Waals surface area (Å²) in [7, 11) is 0. The summed E-state index contributed by atoms with van der Waals surface area (Å²) in [5.74, 6) is -0.0909. The lowest BCUT2D eigenvalue weighted by molar-refractivity contribution is -0.121. The molecule has 1 amide bonds. The second-order valence-electron chi connectivity index (χ2n) is 3.56. The van der Waals surface area contributed by atoms with Gasteiger partial charge in [-0.15, -0.1) is 0 Å². The minimum atomic E-state index is -0.0909. The van der Waals surface area contributed by atoms with Gasteiger partial charge in [0.2, 0.25) is 5.91 Å². The summed E-state index contributed by atoms with van der Waals surface area (Å²) in [4.78, 5) is 21.5. The number of rotatable bonds is 2. The van der Waals surface area contributed by atoms with E-state index in [1.807, 2.05) is 0 Å². The number of nitrogens with zero attached hydrogens (tertiary/aromatic N) is 1. The molecule has 16 heavy (non-hydrogen) atoms. The summed E-state index contributed by atoms with van der Waals surface area (Å²) in [6.45, 7) is 0. The molecule has 2 rings (SSSR count). The first-order valence-electron chi connectivity index (χ1n) is 4.91. The van der Waals surface area contributed by atoms with Crippen molar-refractivity contribution in [2.24, 2.45) is 5.10 Å². The zero-order valence-corrected chi connectivity index (χ0v) is 8.56. The average molecular weight is 217 g/mol. The Hall–Kier alpha value is -2.17. The molecular weight excluding hydrogens is 206 g/mol. The van der Waals surface area contributed by atoms with Crippen molar-refractivity contribution in [3.8, 4) is 0 Å². The number of nitrogens with one attached hydrogen (secondary N) is 1. The van der Waals surface area contributed by atoms with E-state index in [0.717, 1.165) is 17.6 Å². The first-order valence-corrected chi connectivity index (χ1v) is 4.91. The van der Waals surface area contributed by atoms with E-state index in [-0.39, 0.29) is 5.91 Å². The maximum Gasteiger partial charge on any atom is 0.240 e. The number of hydrogen-bond donors (Lipinski definition) is 2. The van der Waals surface area contributed by atoms with Crippen LogP contribution >= 0.6 is 0 Å². The largest absolute Gasteiger partial charge is 0.398 e. The van der Waals surface area contributed by atoms with E-state index >= 15 is 0 Å². The Balaban J connectivity index is 2.34. The van der Waals surface area contributed by atoms with Crippen molar-refractivity contribution in [2.45, 2.75) is 12.8 Å². The second-order valence-corrected chi connectivity index (χ2v) is 3.56. The molecule has 0 atom stereocenters. The molecule has 0 spiro atoms. The normalized spacial score (nSPS) is 15.2. The lowest BCUT2D eigenvalue weighted by atomic mass is 10.0. The Morgan fingerprint density at radius 1 is 1.38 bits per heavy atom. The SMILES string of the molecule is Nc1cc(C=O)ccc1C1=NNC(=O)CC1. The minimum absolute atomic E-state index is 0.0909. The molecule has 0 aliphatic carbocycles. The molecule has 1 aliphatic rings. The maximum atomic E-state index is 10.9. The summed E-state index contributed by atoms with van der Waals surface area (Å²) < 4.78 is 0. The monoisotopic (exact) mass is 217 g/mol. The number of nitrogens with two attached hydrogens (primary N) is 1. The quantitative estimate of drug-likeness (QED) is 0.564. The van der Waals surface area contributed by atoms with Gasteiger partial charge in [-0.3, -0.25) is 9.59 Å². The van der Waals surface area contributed by atoms with Crippen molar-refractivity contribution in [2.75, 3.05) is 5.73 Å². The minimum Gasteiger partial charge on any atom is -0.398 e. The molecule has 5 heteroatoms. The van der Waals surface area contributed by atoms with Crippen molar-refractivity contribution >= 4 is 23.6 Å². The van der Waals surface area contributed by atoms with E-state index in [1.165, 1.54) is 0 Å². The summed E-state index contributed by atoms with van der Waals surface area (Å²) in [5, 5.41) is 3.95. The molecule has 1 aromatic rings. The van der Waals surface area contributed by atoms with Crippen molar-refractivity contribution in [1.29, 1.82) is 0 Å². The van der Waals surface area contributed by atoms with Gasteiger partial charge in [0, 0.05) is 29.7 Å². The van der Waals surface area contributed by atoms with Crippen LogP contribution in [0.2, 0.25) is 0 Å². The van der Waals surface area contributed by atoms with Crippen molar-refractivity contribution in [3.05, 3.63) is 29.3 Å². The van der Waals surface area contributed by atoms with E-state index < -0.39 is 0 Å².